The molecule has 1 saturated heterocycles. The zero-order chi connectivity index (χ0) is 9.26. The highest BCUT2D eigenvalue weighted by atomic mass is 16.6. The van der Waals surface area contributed by atoms with E-state index >= 15 is 0 Å². The SMILES string of the molecule is O=C1NC(=O)/C(=C/c2ccc[nH]2)O1. The minimum atomic E-state index is -0.734. The lowest BCUT2D eigenvalue weighted by Crippen LogP contribution is -2.18. The molecule has 2 heterocycles. The largest absolute Gasteiger partial charge is 0.419 e. The van der Waals surface area contributed by atoms with Crippen LogP contribution in [0.5, 0.6) is 0 Å². The van der Waals surface area contributed by atoms with Crippen molar-refractivity contribution < 1.29 is 14.3 Å². The molecule has 5 nitrogen and oxygen atoms in total. The van der Waals surface area contributed by atoms with Gasteiger partial charge in [-0.3, -0.25) is 10.1 Å². The predicted octanol–water partition coefficient (Wildman–Crippen LogP) is 0.622. The molecule has 2 rings (SSSR count). The van der Waals surface area contributed by atoms with Crippen molar-refractivity contribution in [2.24, 2.45) is 0 Å². The zero-order valence-electron chi connectivity index (χ0n) is 6.53. The van der Waals surface area contributed by atoms with Gasteiger partial charge in [0.05, 0.1) is 0 Å². The highest BCUT2D eigenvalue weighted by Crippen LogP contribution is 2.10. The van der Waals surface area contributed by atoms with E-state index in [1.807, 2.05) is 5.32 Å². The van der Waals surface area contributed by atoms with Crippen LogP contribution >= 0.6 is 0 Å². The fourth-order valence-electron chi connectivity index (χ4n) is 0.996. The van der Waals surface area contributed by atoms with Gasteiger partial charge in [-0.1, -0.05) is 0 Å². The van der Waals surface area contributed by atoms with Gasteiger partial charge in [0.25, 0.3) is 5.91 Å². The quantitative estimate of drug-likeness (QED) is 0.619. The molecule has 1 aromatic rings. The fraction of sp³-hybridized carbons (Fsp3) is 0. The Hall–Kier alpha value is -2.04. The van der Waals surface area contributed by atoms with E-state index in [-0.39, 0.29) is 5.76 Å². The highest BCUT2D eigenvalue weighted by molar-refractivity contribution is 6.09. The summed E-state index contributed by atoms with van der Waals surface area (Å²) in [5.41, 5.74) is 0.708. The monoisotopic (exact) mass is 178 g/mol. The second-order valence-corrected chi connectivity index (χ2v) is 2.48. The number of ether oxygens (including phenoxy) is 1. The van der Waals surface area contributed by atoms with Crippen molar-refractivity contribution in [2.45, 2.75) is 0 Å². The third kappa shape index (κ3) is 1.44. The number of hydrogen-bond acceptors (Lipinski definition) is 3. The van der Waals surface area contributed by atoms with Gasteiger partial charge in [0.1, 0.15) is 0 Å². The van der Waals surface area contributed by atoms with Gasteiger partial charge in [-0.2, -0.15) is 0 Å². The molecule has 2 N–H and O–H groups in total. The topological polar surface area (TPSA) is 71.2 Å². The molecule has 0 radical (unpaired) electrons. The first kappa shape index (κ1) is 7.60. The molecule has 2 amide bonds. The van der Waals surface area contributed by atoms with Crippen molar-refractivity contribution in [3.8, 4) is 0 Å². The number of carbonyl (C=O) groups is 2. The van der Waals surface area contributed by atoms with E-state index in [2.05, 4.69) is 9.72 Å². The summed E-state index contributed by atoms with van der Waals surface area (Å²) in [6.45, 7) is 0. The van der Waals surface area contributed by atoms with Gasteiger partial charge >= 0.3 is 6.09 Å². The first-order valence-electron chi connectivity index (χ1n) is 3.64. The summed E-state index contributed by atoms with van der Waals surface area (Å²) in [6, 6.07) is 3.54. The van der Waals surface area contributed by atoms with Crippen LogP contribution in [0.15, 0.2) is 24.1 Å². The Morgan fingerprint density at radius 1 is 1.38 bits per heavy atom. The summed E-state index contributed by atoms with van der Waals surface area (Å²) in [5, 5.41) is 2.00. The molecule has 66 valence electrons. The number of aromatic nitrogens is 1. The number of H-pyrrole nitrogens is 1. The fourth-order valence-corrected chi connectivity index (χ4v) is 0.996. The van der Waals surface area contributed by atoms with Crippen molar-refractivity contribution in [2.75, 3.05) is 0 Å². The van der Waals surface area contributed by atoms with Gasteiger partial charge in [0.2, 0.25) is 0 Å². The summed E-state index contributed by atoms with van der Waals surface area (Å²) in [4.78, 5) is 24.4. The molecule has 1 fully saturated rings. The number of aromatic amines is 1. The zero-order valence-corrected chi connectivity index (χ0v) is 6.53. The van der Waals surface area contributed by atoms with Crippen LogP contribution in [0.25, 0.3) is 6.08 Å². The highest BCUT2D eigenvalue weighted by Gasteiger charge is 2.25. The van der Waals surface area contributed by atoms with E-state index in [1.54, 1.807) is 18.3 Å². The molecule has 1 aliphatic rings. The van der Waals surface area contributed by atoms with E-state index in [9.17, 15) is 9.59 Å². The predicted molar refractivity (Wildman–Crippen MR) is 43.4 cm³/mol. The van der Waals surface area contributed by atoms with Gasteiger partial charge in [-0.25, -0.2) is 4.79 Å². The molecule has 0 unspecified atom stereocenters. The van der Waals surface area contributed by atoms with Crippen molar-refractivity contribution in [1.82, 2.24) is 10.3 Å². The molecule has 5 heteroatoms. The Morgan fingerprint density at radius 3 is 2.77 bits per heavy atom. The van der Waals surface area contributed by atoms with Crippen LogP contribution in [0.1, 0.15) is 5.69 Å². The number of nitrogens with one attached hydrogen (secondary N) is 2. The lowest BCUT2D eigenvalue weighted by molar-refractivity contribution is -0.116. The number of amides is 2. The van der Waals surface area contributed by atoms with Crippen molar-refractivity contribution >= 4 is 18.1 Å². The average molecular weight is 178 g/mol. The lowest BCUT2D eigenvalue weighted by Gasteiger charge is -1.89. The van der Waals surface area contributed by atoms with E-state index in [0.717, 1.165) is 0 Å². The van der Waals surface area contributed by atoms with E-state index in [0.29, 0.717) is 5.69 Å². The summed E-state index contributed by atoms with van der Waals surface area (Å²) in [5.74, 6) is -0.507. The van der Waals surface area contributed by atoms with Crippen molar-refractivity contribution in [1.29, 1.82) is 0 Å². The molecule has 13 heavy (non-hydrogen) atoms. The number of rotatable bonds is 1. The number of alkyl carbamates (subject to hydrolysis) is 1. The number of cyclic esters (lactones) is 1. The van der Waals surface area contributed by atoms with Gasteiger partial charge in [-0.05, 0) is 12.1 Å². The maximum atomic E-state index is 11.0. The van der Waals surface area contributed by atoms with E-state index in [4.69, 9.17) is 0 Å². The average Bonchev–Trinajstić information content (AvgIpc) is 2.63. The maximum Gasteiger partial charge on any atom is 0.419 e. The first-order chi connectivity index (χ1) is 6.25. The molecular formula is C8H6N2O3. The number of imide groups is 1. The van der Waals surface area contributed by atoms with Crippen molar-refractivity contribution in [3.63, 3.8) is 0 Å². The minimum Gasteiger partial charge on any atom is -0.404 e. The molecule has 0 aromatic carbocycles. The van der Waals surface area contributed by atoms with Gasteiger partial charge in [0.15, 0.2) is 5.76 Å². The van der Waals surface area contributed by atoms with Crippen LogP contribution < -0.4 is 5.32 Å². The van der Waals surface area contributed by atoms with Crippen LogP contribution in [0.2, 0.25) is 0 Å². The number of hydrogen-bond donors (Lipinski definition) is 2. The Labute approximate surface area is 73.4 Å². The molecule has 0 atom stereocenters. The van der Waals surface area contributed by atoms with Crippen LogP contribution in [-0.4, -0.2) is 17.0 Å². The Bertz CT molecular complexity index is 378. The van der Waals surface area contributed by atoms with E-state index < -0.39 is 12.0 Å². The molecule has 0 aliphatic carbocycles. The standard InChI is InChI=1S/C8H6N2O3/c11-7-6(13-8(12)10-7)4-5-2-1-3-9-5/h1-4,9H,(H,10,11,12)/b6-4-. The van der Waals surface area contributed by atoms with Crippen LogP contribution in [0.4, 0.5) is 4.79 Å². The van der Waals surface area contributed by atoms with E-state index in [1.165, 1.54) is 6.08 Å². The summed E-state index contributed by atoms with van der Waals surface area (Å²) in [6.07, 6.45) is 2.43. The lowest BCUT2D eigenvalue weighted by atomic mass is 10.3. The van der Waals surface area contributed by atoms with Gasteiger partial charge < -0.3 is 9.72 Å². The summed E-state index contributed by atoms with van der Waals surface area (Å²) >= 11 is 0. The minimum absolute atomic E-state index is 0.00690. The third-order valence-electron chi connectivity index (χ3n) is 1.55. The number of carbonyl (C=O) groups excluding carboxylic acids is 2. The molecule has 1 aromatic heterocycles. The molecular weight excluding hydrogens is 172 g/mol. The summed E-state index contributed by atoms with van der Waals surface area (Å²) in [7, 11) is 0. The molecule has 0 spiro atoms. The van der Waals surface area contributed by atoms with Gasteiger partial charge in [-0.15, -0.1) is 0 Å². The third-order valence-corrected chi connectivity index (χ3v) is 1.55. The first-order valence-corrected chi connectivity index (χ1v) is 3.64. The summed E-state index contributed by atoms with van der Waals surface area (Å²) < 4.78 is 4.59. The normalized spacial score (nSPS) is 18.9. The van der Waals surface area contributed by atoms with Crippen LogP contribution in [0.3, 0.4) is 0 Å². The van der Waals surface area contributed by atoms with Crippen LogP contribution in [0, 0.1) is 0 Å². The molecule has 0 bridgehead atoms. The second-order valence-electron chi connectivity index (χ2n) is 2.48. The smallest absolute Gasteiger partial charge is 0.404 e. The Kier molecular flexibility index (Phi) is 1.63. The Balaban J connectivity index is 2.27. The molecule has 0 saturated carbocycles. The van der Waals surface area contributed by atoms with Gasteiger partial charge in [0, 0.05) is 18.0 Å². The van der Waals surface area contributed by atoms with Crippen LogP contribution in [-0.2, 0) is 9.53 Å². The molecule has 1 aliphatic heterocycles. The second kappa shape index (κ2) is 2.78. The maximum absolute atomic E-state index is 11.0. The van der Waals surface area contributed by atoms with Crippen molar-refractivity contribution in [3.05, 3.63) is 29.8 Å². The Morgan fingerprint density at radius 2 is 2.23 bits per heavy atom.